The zero-order valence-corrected chi connectivity index (χ0v) is 17.2. The maximum absolute atomic E-state index is 12.7. The van der Waals surface area contributed by atoms with Crippen molar-refractivity contribution in [3.63, 3.8) is 0 Å². The Hall–Kier alpha value is -2.61. The molecule has 0 aromatic heterocycles. The van der Waals surface area contributed by atoms with E-state index in [4.69, 9.17) is 9.47 Å². The summed E-state index contributed by atoms with van der Waals surface area (Å²) in [5, 5.41) is 5.67. The quantitative estimate of drug-likeness (QED) is 0.668. The molecule has 8 heteroatoms. The summed E-state index contributed by atoms with van der Waals surface area (Å²) < 4.78 is 11.6. The molecule has 0 bridgehead atoms. The first-order valence-corrected chi connectivity index (χ1v) is 10.8. The van der Waals surface area contributed by atoms with Crippen molar-refractivity contribution in [2.75, 3.05) is 25.1 Å². The second-order valence-electron chi connectivity index (χ2n) is 8.27. The summed E-state index contributed by atoms with van der Waals surface area (Å²) >= 11 is 0. The zero-order valence-electron chi connectivity index (χ0n) is 17.2. The van der Waals surface area contributed by atoms with Crippen molar-refractivity contribution in [2.45, 2.75) is 63.0 Å². The van der Waals surface area contributed by atoms with Crippen LogP contribution in [0.1, 0.15) is 51.4 Å². The summed E-state index contributed by atoms with van der Waals surface area (Å²) in [5.74, 6) is 0.113. The number of nitrogens with zero attached hydrogens (tertiary/aromatic N) is 1. The van der Waals surface area contributed by atoms with E-state index in [9.17, 15) is 14.4 Å². The fourth-order valence-electron chi connectivity index (χ4n) is 4.44. The van der Waals surface area contributed by atoms with Crippen molar-refractivity contribution in [3.05, 3.63) is 24.3 Å². The average Bonchev–Trinajstić information content (AvgIpc) is 3.31. The number of urea groups is 1. The minimum Gasteiger partial charge on any atom is -0.489 e. The number of benzene rings is 1. The van der Waals surface area contributed by atoms with Gasteiger partial charge in [-0.1, -0.05) is 25.0 Å². The van der Waals surface area contributed by atoms with Crippen LogP contribution in [-0.4, -0.2) is 54.1 Å². The van der Waals surface area contributed by atoms with Crippen LogP contribution in [0, 0.1) is 0 Å². The SMILES string of the molecule is O=C(CCN1C(=O)NC2(CCCC2)C1=O)Nc1ccccc1OCC1CCCCO1. The highest BCUT2D eigenvalue weighted by Crippen LogP contribution is 2.35. The van der Waals surface area contributed by atoms with Crippen molar-refractivity contribution in [1.82, 2.24) is 10.2 Å². The summed E-state index contributed by atoms with van der Waals surface area (Å²) in [7, 11) is 0. The molecule has 2 N–H and O–H groups in total. The fraction of sp³-hybridized carbons (Fsp3) is 0.591. The highest BCUT2D eigenvalue weighted by Gasteiger charge is 2.52. The van der Waals surface area contributed by atoms with Gasteiger partial charge in [0.15, 0.2) is 0 Å². The number of hydrogen-bond donors (Lipinski definition) is 2. The topological polar surface area (TPSA) is 97.0 Å². The Kier molecular flexibility index (Phi) is 6.22. The van der Waals surface area contributed by atoms with E-state index in [1.807, 2.05) is 12.1 Å². The molecule has 1 aromatic rings. The molecule has 2 heterocycles. The zero-order chi connectivity index (χ0) is 21.0. The van der Waals surface area contributed by atoms with Gasteiger partial charge in [0, 0.05) is 19.6 Å². The average molecular weight is 415 g/mol. The Labute approximate surface area is 176 Å². The third-order valence-corrected chi connectivity index (χ3v) is 6.13. The minimum absolute atomic E-state index is 0.0370. The maximum atomic E-state index is 12.7. The predicted octanol–water partition coefficient (Wildman–Crippen LogP) is 2.83. The lowest BCUT2D eigenvalue weighted by Gasteiger charge is -2.23. The van der Waals surface area contributed by atoms with Gasteiger partial charge in [0.05, 0.1) is 11.8 Å². The number of nitrogens with one attached hydrogen (secondary N) is 2. The van der Waals surface area contributed by atoms with Gasteiger partial charge in [0.1, 0.15) is 17.9 Å². The first-order chi connectivity index (χ1) is 14.6. The van der Waals surface area contributed by atoms with Crippen LogP contribution >= 0.6 is 0 Å². The molecule has 1 aromatic carbocycles. The predicted molar refractivity (Wildman–Crippen MR) is 110 cm³/mol. The fourth-order valence-corrected chi connectivity index (χ4v) is 4.44. The highest BCUT2D eigenvalue weighted by atomic mass is 16.5. The molecule has 3 fully saturated rings. The number of anilines is 1. The third-order valence-electron chi connectivity index (χ3n) is 6.13. The Morgan fingerprint density at radius 1 is 1.20 bits per heavy atom. The van der Waals surface area contributed by atoms with Crippen LogP contribution in [0.15, 0.2) is 24.3 Å². The molecule has 1 saturated carbocycles. The van der Waals surface area contributed by atoms with Crippen LogP contribution in [0.2, 0.25) is 0 Å². The van der Waals surface area contributed by atoms with Crippen molar-refractivity contribution >= 4 is 23.5 Å². The first kappa shape index (κ1) is 20.7. The lowest BCUT2D eigenvalue weighted by atomic mass is 9.98. The van der Waals surface area contributed by atoms with Gasteiger partial charge in [-0.2, -0.15) is 0 Å². The van der Waals surface area contributed by atoms with E-state index < -0.39 is 11.6 Å². The van der Waals surface area contributed by atoms with Crippen LogP contribution in [0.4, 0.5) is 10.5 Å². The van der Waals surface area contributed by atoms with Gasteiger partial charge in [-0.25, -0.2) is 4.79 Å². The van der Waals surface area contributed by atoms with E-state index in [0.29, 0.717) is 30.9 Å². The Bertz CT molecular complexity index is 800. The summed E-state index contributed by atoms with van der Waals surface area (Å²) in [4.78, 5) is 38.6. The number of hydrogen-bond acceptors (Lipinski definition) is 5. The lowest BCUT2D eigenvalue weighted by molar-refractivity contribution is -0.131. The summed E-state index contributed by atoms with van der Waals surface area (Å²) in [5.41, 5.74) is -0.169. The summed E-state index contributed by atoms with van der Waals surface area (Å²) in [6.07, 6.45) is 6.53. The van der Waals surface area contributed by atoms with E-state index in [2.05, 4.69) is 10.6 Å². The smallest absolute Gasteiger partial charge is 0.325 e. The molecule has 1 aliphatic carbocycles. The molecular weight excluding hydrogens is 386 g/mol. The van der Waals surface area contributed by atoms with Gasteiger partial charge in [0.2, 0.25) is 5.91 Å². The summed E-state index contributed by atoms with van der Waals surface area (Å²) in [6, 6.07) is 6.85. The molecule has 4 rings (SSSR count). The second kappa shape index (κ2) is 9.04. The molecule has 1 atom stereocenters. The number of ether oxygens (including phenoxy) is 2. The number of imide groups is 1. The molecule has 30 heavy (non-hydrogen) atoms. The molecular formula is C22H29N3O5. The molecule has 1 unspecified atom stereocenters. The Balaban J connectivity index is 1.30. The maximum Gasteiger partial charge on any atom is 0.325 e. The van der Waals surface area contributed by atoms with Gasteiger partial charge in [0.25, 0.3) is 5.91 Å². The van der Waals surface area contributed by atoms with E-state index in [1.165, 1.54) is 4.90 Å². The third kappa shape index (κ3) is 4.43. The number of rotatable bonds is 7. The van der Waals surface area contributed by atoms with Gasteiger partial charge < -0.3 is 20.1 Å². The monoisotopic (exact) mass is 415 g/mol. The van der Waals surface area contributed by atoms with Gasteiger partial charge in [-0.3, -0.25) is 14.5 Å². The van der Waals surface area contributed by atoms with E-state index in [-0.39, 0.29) is 30.9 Å². The molecule has 0 radical (unpaired) electrons. The van der Waals surface area contributed by atoms with Gasteiger partial charge in [-0.05, 0) is 44.2 Å². The molecule has 2 saturated heterocycles. The molecule has 1 spiro atoms. The summed E-state index contributed by atoms with van der Waals surface area (Å²) in [6.45, 7) is 1.27. The standard InChI is InChI=1S/C22H29N3O5/c26-19(10-13-25-20(27)22(24-21(25)28)11-4-5-12-22)23-17-8-1-2-9-18(17)30-15-16-7-3-6-14-29-16/h1-2,8-9,16H,3-7,10-15H2,(H,23,26)(H,24,28). The van der Waals surface area contributed by atoms with Gasteiger partial charge >= 0.3 is 6.03 Å². The Morgan fingerprint density at radius 2 is 2.00 bits per heavy atom. The van der Waals surface area contributed by atoms with E-state index in [0.717, 1.165) is 38.7 Å². The van der Waals surface area contributed by atoms with Crippen LogP contribution in [-0.2, 0) is 14.3 Å². The number of amides is 4. The van der Waals surface area contributed by atoms with Crippen molar-refractivity contribution in [3.8, 4) is 5.75 Å². The van der Waals surface area contributed by atoms with Crippen LogP contribution < -0.4 is 15.4 Å². The number of para-hydroxylation sites is 2. The van der Waals surface area contributed by atoms with Crippen molar-refractivity contribution in [2.24, 2.45) is 0 Å². The van der Waals surface area contributed by atoms with Crippen molar-refractivity contribution < 1.29 is 23.9 Å². The molecule has 2 aliphatic heterocycles. The highest BCUT2D eigenvalue weighted by molar-refractivity contribution is 6.07. The number of carbonyl (C=O) groups excluding carboxylic acids is 3. The Morgan fingerprint density at radius 3 is 2.77 bits per heavy atom. The molecule has 4 amide bonds. The minimum atomic E-state index is -0.741. The lowest BCUT2D eigenvalue weighted by Crippen LogP contribution is -2.44. The molecule has 162 valence electrons. The number of carbonyl (C=O) groups is 3. The van der Waals surface area contributed by atoms with Crippen LogP contribution in [0.5, 0.6) is 5.75 Å². The van der Waals surface area contributed by atoms with Gasteiger partial charge in [-0.15, -0.1) is 0 Å². The van der Waals surface area contributed by atoms with E-state index >= 15 is 0 Å². The molecule has 8 nitrogen and oxygen atoms in total. The van der Waals surface area contributed by atoms with Crippen LogP contribution in [0.25, 0.3) is 0 Å². The largest absolute Gasteiger partial charge is 0.489 e. The normalized spacial score (nSPS) is 22.9. The van der Waals surface area contributed by atoms with Crippen LogP contribution in [0.3, 0.4) is 0 Å². The second-order valence-corrected chi connectivity index (χ2v) is 8.27. The first-order valence-electron chi connectivity index (χ1n) is 10.8. The van der Waals surface area contributed by atoms with Crippen molar-refractivity contribution in [1.29, 1.82) is 0 Å². The van der Waals surface area contributed by atoms with E-state index in [1.54, 1.807) is 12.1 Å². The molecule has 3 aliphatic rings.